The summed E-state index contributed by atoms with van der Waals surface area (Å²) in [4.78, 5) is 13.4. The van der Waals surface area contributed by atoms with Crippen molar-refractivity contribution in [1.29, 1.82) is 0 Å². The molecule has 2 heterocycles. The number of hydrogen-bond donors (Lipinski definition) is 2. The normalized spacial score (nSPS) is 16.5. The van der Waals surface area contributed by atoms with E-state index in [0.29, 0.717) is 22.6 Å². The first kappa shape index (κ1) is 21.5. The molecule has 1 aromatic carbocycles. The van der Waals surface area contributed by atoms with Gasteiger partial charge in [-0.05, 0) is 19.2 Å². The molecule has 1 aliphatic rings. The van der Waals surface area contributed by atoms with E-state index in [-0.39, 0.29) is 0 Å². The fraction of sp³-hybridized carbons (Fsp3) is 0.438. The van der Waals surface area contributed by atoms with Gasteiger partial charge in [0, 0.05) is 19.1 Å². The summed E-state index contributed by atoms with van der Waals surface area (Å²) < 4.78 is 6.72. The summed E-state index contributed by atoms with van der Waals surface area (Å²) in [5.74, 6) is 0. The van der Waals surface area contributed by atoms with Gasteiger partial charge < -0.3 is 20.2 Å². The zero-order chi connectivity index (χ0) is 18.3. The second-order valence-corrected chi connectivity index (χ2v) is 5.78. The number of nitrogens with zero attached hydrogens (tertiary/aromatic N) is 3. The second kappa shape index (κ2) is 13.7. The van der Waals surface area contributed by atoms with E-state index >= 15 is 0 Å². The Hall–Kier alpha value is -1.51. The van der Waals surface area contributed by atoms with Crippen molar-refractivity contribution in [2.24, 2.45) is 0 Å². The monoisotopic (exact) mass is 387 g/mol. The largest absolute Gasteiger partial charge is 0.378 e. The molecule has 1 saturated heterocycles. The molecule has 0 saturated carbocycles. The summed E-state index contributed by atoms with van der Waals surface area (Å²) in [6, 6.07) is 7.68. The molecule has 0 radical (unpaired) electrons. The Kier molecular flexibility index (Phi) is 11.8. The lowest BCUT2D eigenvalue weighted by Crippen LogP contribution is -2.37. The van der Waals surface area contributed by atoms with Gasteiger partial charge in [0.15, 0.2) is 0 Å². The SMILES string of the molecule is CNC1CNCCOC1.Clc1ccccc1Cl.O=CCn1cncn1. The molecule has 2 N–H and O–H groups in total. The Bertz CT molecular complexity index is 555. The second-order valence-electron chi connectivity index (χ2n) is 4.96. The van der Waals surface area contributed by atoms with Crippen LogP contribution in [0.15, 0.2) is 36.9 Å². The first-order valence-electron chi connectivity index (χ1n) is 7.79. The third-order valence-electron chi connectivity index (χ3n) is 3.09. The quantitative estimate of drug-likeness (QED) is 0.779. The molecule has 0 aliphatic carbocycles. The Balaban J connectivity index is 0.000000188. The number of ether oxygens (including phenoxy) is 1. The highest BCUT2D eigenvalue weighted by atomic mass is 35.5. The minimum absolute atomic E-state index is 0.292. The van der Waals surface area contributed by atoms with Gasteiger partial charge in [-0.2, -0.15) is 5.10 Å². The molecule has 25 heavy (non-hydrogen) atoms. The highest BCUT2D eigenvalue weighted by Gasteiger charge is 2.07. The van der Waals surface area contributed by atoms with Gasteiger partial charge in [0.2, 0.25) is 0 Å². The number of hydrogen-bond acceptors (Lipinski definition) is 6. The number of carbonyl (C=O) groups is 1. The number of aromatic nitrogens is 3. The van der Waals surface area contributed by atoms with Crippen molar-refractivity contribution in [1.82, 2.24) is 25.4 Å². The minimum atomic E-state index is 0.292. The Morgan fingerprint density at radius 1 is 1.40 bits per heavy atom. The average molecular weight is 388 g/mol. The molecule has 0 spiro atoms. The number of halogens is 2. The van der Waals surface area contributed by atoms with Crippen LogP contribution in [0.25, 0.3) is 0 Å². The first-order valence-corrected chi connectivity index (χ1v) is 8.54. The van der Waals surface area contributed by atoms with Crippen LogP contribution in [-0.4, -0.2) is 60.4 Å². The predicted molar refractivity (Wildman–Crippen MR) is 99.1 cm³/mol. The molecule has 1 fully saturated rings. The summed E-state index contributed by atoms with van der Waals surface area (Å²) in [6.07, 6.45) is 3.66. The first-order chi connectivity index (χ1) is 12.2. The third-order valence-corrected chi connectivity index (χ3v) is 3.85. The van der Waals surface area contributed by atoms with Crippen molar-refractivity contribution < 1.29 is 9.53 Å². The van der Waals surface area contributed by atoms with Crippen LogP contribution in [0, 0.1) is 0 Å². The summed E-state index contributed by atoms with van der Waals surface area (Å²) in [5, 5.41) is 11.3. The molecule has 1 atom stereocenters. The van der Waals surface area contributed by atoms with Gasteiger partial charge in [0.1, 0.15) is 18.9 Å². The minimum Gasteiger partial charge on any atom is -0.378 e. The van der Waals surface area contributed by atoms with Crippen LogP contribution in [0.4, 0.5) is 0 Å². The van der Waals surface area contributed by atoms with E-state index in [9.17, 15) is 4.79 Å². The van der Waals surface area contributed by atoms with E-state index < -0.39 is 0 Å². The highest BCUT2D eigenvalue weighted by Crippen LogP contribution is 2.19. The lowest BCUT2D eigenvalue weighted by atomic mass is 10.3. The van der Waals surface area contributed by atoms with Crippen molar-refractivity contribution >= 4 is 29.5 Å². The van der Waals surface area contributed by atoms with Gasteiger partial charge in [-0.15, -0.1) is 0 Å². The van der Waals surface area contributed by atoms with Gasteiger partial charge in [0.25, 0.3) is 0 Å². The van der Waals surface area contributed by atoms with Crippen molar-refractivity contribution in [3.8, 4) is 0 Å². The smallest absolute Gasteiger partial charge is 0.141 e. The van der Waals surface area contributed by atoms with Crippen molar-refractivity contribution in [2.75, 3.05) is 33.4 Å². The molecule has 3 rings (SSSR count). The van der Waals surface area contributed by atoms with Crippen LogP contribution in [-0.2, 0) is 16.1 Å². The zero-order valence-electron chi connectivity index (χ0n) is 14.1. The Morgan fingerprint density at radius 3 is 2.64 bits per heavy atom. The van der Waals surface area contributed by atoms with E-state index in [1.807, 2.05) is 19.2 Å². The molecule has 138 valence electrons. The number of rotatable bonds is 3. The average Bonchev–Trinajstić information content (AvgIpc) is 2.99. The Morgan fingerprint density at radius 2 is 2.12 bits per heavy atom. The third kappa shape index (κ3) is 10.2. The van der Waals surface area contributed by atoms with Gasteiger partial charge in [-0.1, -0.05) is 35.3 Å². The molecule has 9 heteroatoms. The number of likely N-dealkylation sites (N-methyl/N-ethyl adjacent to an activating group) is 1. The number of carbonyl (C=O) groups excluding carboxylic acids is 1. The van der Waals surface area contributed by atoms with Gasteiger partial charge in [0.05, 0.1) is 29.8 Å². The lowest BCUT2D eigenvalue weighted by molar-refractivity contribution is -0.108. The van der Waals surface area contributed by atoms with Crippen LogP contribution in [0.3, 0.4) is 0 Å². The molecule has 1 aromatic heterocycles. The van der Waals surface area contributed by atoms with E-state index in [4.69, 9.17) is 27.9 Å². The highest BCUT2D eigenvalue weighted by molar-refractivity contribution is 6.41. The predicted octanol–water partition coefficient (Wildman–Crippen LogP) is 1.66. The molecular weight excluding hydrogens is 365 g/mol. The van der Waals surface area contributed by atoms with Crippen molar-refractivity contribution in [3.63, 3.8) is 0 Å². The molecule has 1 unspecified atom stereocenters. The summed E-state index contributed by atoms with van der Waals surface area (Å²) in [7, 11) is 1.96. The summed E-state index contributed by atoms with van der Waals surface area (Å²) in [5.41, 5.74) is 0. The molecular formula is C16H23Cl2N5O2. The molecule has 0 bridgehead atoms. The molecule has 0 amide bonds. The maximum absolute atomic E-state index is 9.78. The zero-order valence-corrected chi connectivity index (χ0v) is 15.6. The van der Waals surface area contributed by atoms with Crippen molar-refractivity contribution in [3.05, 3.63) is 47.0 Å². The van der Waals surface area contributed by atoms with Crippen LogP contribution < -0.4 is 10.6 Å². The van der Waals surface area contributed by atoms with Crippen molar-refractivity contribution in [2.45, 2.75) is 12.6 Å². The number of aldehydes is 1. The van der Waals surface area contributed by atoms with Crippen LogP contribution in [0.1, 0.15) is 0 Å². The topological polar surface area (TPSA) is 81.1 Å². The summed E-state index contributed by atoms with van der Waals surface area (Å²) in [6.45, 7) is 3.98. The summed E-state index contributed by atoms with van der Waals surface area (Å²) >= 11 is 11.2. The fourth-order valence-corrected chi connectivity index (χ4v) is 2.00. The van der Waals surface area contributed by atoms with E-state index in [1.165, 1.54) is 17.3 Å². The van der Waals surface area contributed by atoms with Crippen LogP contribution >= 0.6 is 23.2 Å². The maximum atomic E-state index is 9.78. The van der Waals surface area contributed by atoms with E-state index in [1.54, 1.807) is 12.1 Å². The fourth-order valence-electron chi connectivity index (χ4n) is 1.73. The molecule has 1 aliphatic heterocycles. The van der Waals surface area contributed by atoms with Crippen LogP contribution in [0.5, 0.6) is 0 Å². The number of nitrogens with one attached hydrogen (secondary N) is 2. The standard InChI is InChI=1S/C6H4Cl2.C6H14N2O.C4H5N3O/c7-5-3-1-2-4-6(5)8;1-7-6-4-8-2-3-9-5-6;8-2-1-7-4-5-3-6-7/h1-4H;6-8H,2-5H2,1H3;2-4H,1H2. The van der Waals surface area contributed by atoms with Crippen LogP contribution in [0.2, 0.25) is 10.0 Å². The van der Waals surface area contributed by atoms with Gasteiger partial charge in [-0.25, -0.2) is 9.67 Å². The van der Waals surface area contributed by atoms with E-state index in [2.05, 4.69) is 20.7 Å². The molecule has 7 nitrogen and oxygen atoms in total. The lowest BCUT2D eigenvalue weighted by Gasteiger charge is -2.10. The van der Waals surface area contributed by atoms with Gasteiger partial charge >= 0.3 is 0 Å². The van der Waals surface area contributed by atoms with Gasteiger partial charge in [-0.3, -0.25) is 0 Å². The number of benzene rings is 1. The Labute approximate surface area is 157 Å². The maximum Gasteiger partial charge on any atom is 0.141 e. The molecule has 2 aromatic rings. The van der Waals surface area contributed by atoms with E-state index in [0.717, 1.165) is 32.6 Å².